The van der Waals surface area contributed by atoms with Crippen molar-refractivity contribution in [3.8, 4) is 0 Å². The van der Waals surface area contributed by atoms with Gasteiger partial charge in [-0.1, -0.05) is 28.1 Å². The third kappa shape index (κ3) is 4.08. The average molecular weight is 354 g/mol. The summed E-state index contributed by atoms with van der Waals surface area (Å²) in [5.41, 5.74) is 2.13. The lowest BCUT2D eigenvalue weighted by atomic mass is 10.0. The number of hydrogen-bond acceptors (Lipinski definition) is 2. The molecule has 0 aliphatic carbocycles. The van der Waals surface area contributed by atoms with Crippen LogP contribution >= 0.6 is 27.7 Å². The molecule has 0 saturated carbocycles. The summed E-state index contributed by atoms with van der Waals surface area (Å²) in [6.07, 6.45) is 0. The predicted octanol–water partition coefficient (Wildman–Crippen LogP) is 4.95. The topological polar surface area (TPSA) is 12.0 Å². The van der Waals surface area contributed by atoms with Gasteiger partial charge in [0.1, 0.15) is 5.82 Å². The average Bonchev–Trinajstić information content (AvgIpc) is 2.43. The normalized spacial score (nSPS) is 12.4. The fourth-order valence-electron chi connectivity index (χ4n) is 2.05. The monoisotopic (exact) mass is 353 g/mol. The summed E-state index contributed by atoms with van der Waals surface area (Å²) in [6, 6.07) is 13.3. The first-order chi connectivity index (χ1) is 9.60. The van der Waals surface area contributed by atoms with Gasteiger partial charge in [0, 0.05) is 21.2 Å². The van der Waals surface area contributed by atoms with Crippen LogP contribution in [0.25, 0.3) is 0 Å². The van der Waals surface area contributed by atoms with Gasteiger partial charge < -0.3 is 5.32 Å². The third-order valence-corrected chi connectivity index (χ3v) is 4.76. The molecule has 20 heavy (non-hydrogen) atoms. The largest absolute Gasteiger partial charge is 0.312 e. The Morgan fingerprint density at radius 1 is 1.25 bits per heavy atom. The summed E-state index contributed by atoms with van der Waals surface area (Å²) < 4.78 is 14.5. The van der Waals surface area contributed by atoms with Crippen LogP contribution in [0.15, 0.2) is 51.8 Å². The molecule has 0 aliphatic heterocycles. The highest BCUT2D eigenvalue weighted by atomic mass is 79.9. The molecule has 0 amide bonds. The van der Waals surface area contributed by atoms with E-state index >= 15 is 0 Å². The molecule has 1 atom stereocenters. The molecular weight excluding hydrogens is 337 g/mol. The van der Waals surface area contributed by atoms with Crippen LogP contribution in [0.2, 0.25) is 0 Å². The van der Waals surface area contributed by atoms with E-state index in [2.05, 4.69) is 33.4 Å². The first-order valence-electron chi connectivity index (χ1n) is 6.42. The summed E-state index contributed by atoms with van der Waals surface area (Å²) in [4.78, 5) is 1.20. The van der Waals surface area contributed by atoms with Crippen LogP contribution in [0.5, 0.6) is 0 Å². The summed E-state index contributed by atoms with van der Waals surface area (Å²) in [7, 11) is 1.91. The van der Waals surface area contributed by atoms with Crippen molar-refractivity contribution in [2.24, 2.45) is 0 Å². The molecule has 4 heteroatoms. The summed E-state index contributed by atoms with van der Waals surface area (Å²) >= 11 is 5.24. The lowest BCUT2D eigenvalue weighted by molar-refractivity contribution is 0.609. The van der Waals surface area contributed by atoms with Crippen LogP contribution in [0.4, 0.5) is 4.39 Å². The molecule has 1 N–H and O–H groups in total. The fourth-order valence-corrected chi connectivity index (χ4v) is 3.69. The van der Waals surface area contributed by atoms with Gasteiger partial charge in [0.25, 0.3) is 0 Å². The summed E-state index contributed by atoms with van der Waals surface area (Å²) in [5.74, 6) is 0.676. The van der Waals surface area contributed by atoms with Gasteiger partial charge in [0.05, 0.1) is 0 Å². The molecule has 0 heterocycles. The maximum atomic E-state index is 13.4. The maximum absolute atomic E-state index is 13.4. The van der Waals surface area contributed by atoms with Gasteiger partial charge in [-0.15, -0.1) is 11.8 Å². The van der Waals surface area contributed by atoms with E-state index in [1.165, 1.54) is 11.0 Å². The van der Waals surface area contributed by atoms with Crippen LogP contribution in [0.3, 0.4) is 0 Å². The Balaban J connectivity index is 2.11. The molecule has 0 spiro atoms. The molecule has 0 fully saturated rings. The third-order valence-electron chi connectivity index (χ3n) is 3.18. The first kappa shape index (κ1) is 15.5. The minimum absolute atomic E-state index is 0.134. The van der Waals surface area contributed by atoms with E-state index in [1.54, 1.807) is 17.8 Å². The number of benzene rings is 2. The van der Waals surface area contributed by atoms with Crippen molar-refractivity contribution in [2.45, 2.75) is 17.9 Å². The van der Waals surface area contributed by atoms with Gasteiger partial charge >= 0.3 is 0 Å². The second-order valence-corrected chi connectivity index (χ2v) is 6.62. The molecule has 0 aromatic heterocycles. The Kier molecular flexibility index (Phi) is 5.64. The van der Waals surface area contributed by atoms with Crippen molar-refractivity contribution in [1.82, 2.24) is 5.32 Å². The van der Waals surface area contributed by atoms with Crippen molar-refractivity contribution in [1.29, 1.82) is 0 Å². The second kappa shape index (κ2) is 7.25. The molecule has 1 nitrogen and oxygen atoms in total. The van der Waals surface area contributed by atoms with Gasteiger partial charge in [-0.3, -0.25) is 0 Å². The van der Waals surface area contributed by atoms with E-state index in [0.717, 1.165) is 21.4 Å². The van der Waals surface area contributed by atoms with Crippen molar-refractivity contribution in [2.75, 3.05) is 12.8 Å². The fraction of sp³-hybridized carbons (Fsp3) is 0.250. The highest BCUT2D eigenvalue weighted by molar-refractivity contribution is 9.10. The lowest BCUT2D eigenvalue weighted by Crippen LogP contribution is -2.20. The van der Waals surface area contributed by atoms with Crippen molar-refractivity contribution >= 4 is 27.7 Å². The number of aryl methyl sites for hydroxylation is 1. The first-order valence-corrected chi connectivity index (χ1v) is 8.19. The number of hydrogen-bond donors (Lipinski definition) is 1. The smallest absolute Gasteiger partial charge is 0.123 e. The summed E-state index contributed by atoms with van der Waals surface area (Å²) in [5, 5.41) is 3.27. The van der Waals surface area contributed by atoms with E-state index in [0.29, 0.717) is 0 Å². The van der Waals surface area contributed by atoms with Gasteiger partial charge in [-0.25, -0.2) is 4.39 Å². The van der Waals surface area contributed by atoms with E-state index < -0.39 is 0 Å². The number of thioether (sulfide) groups is 1. The lowest BCUT2D eigenvalue weighted by Gasteiger charge is -2.18. The molecule has 2 aromatic rings. The molecule has 0 aliphatic rings. The van der Waals surface area contributed by atoms with Gasteiger partial charge in [-0.2, -0.15) is 0 Å². The number of nitrogens with one attached hydrogen (secondary N) is 1. The Bertz CT molecular complexity index is 588. The van der Waals surface area contributed by atoms with Crippen LogP contribution in [-0.4, -0.2) is 12.8 Å². The van der Waals surface area contributed by atoms with Gasteiger partial charge in [-0.05, 0) is 55.4 Å². The highest BCUT2D eigenvalue weighted by Gasteiger charge is 2.13. The molecule has 106 valence electrons. The number of halogens is 2. The van der Waals surface area contributed by atoms with Gasteiger partial charge in [0.15, 0.2) is 0 Å². The van der Waals surface area contributed by atoms with Crippen LogP contribution in [-0.2, 0) is 0 Å². The zero-order valence-corrected chi connectivity index (χ0v) is 13.9. The van der Waals surface area contributed by atoms with Crippen LogP contribution in [0.1, 0.15) is 17.2 Å². The standard InChI is InChI=1S/C16H17BrFNS/c1-11-6-7-13(18)9-15(11)16(19-2)10-20-14-5-3-4-12(17)8-14/h3-9,16,19H,10H2,1-2H3. The molecule has 0 radical (unpaired) electrons. The van der Waals surface area contributed by atoms with Crippen molar-refractivity contribution in [3.05, 3.63) is 63.9 Å². The van der Waals surface area contributed by atoms with E-state index in [9.17, 15) is 4.39 Å². The summed E-state index contributed by atoms with van der Waals surface area (Å²) in [6.45, 7) is 2.02. The molecule has 2 aromatic carbocycles. The van der Waals surface area contributed by atoms with Crippen LogP contribution < -0.4 is 5.32 Å². The maximum Gasteiger partial charge on any atom is 0.123 e. The molecule has 0 bridgehead atoms. The predicted molar refractivity (Wildman–Crippen MR) is 87.8 cm³/mol. The Morgan fingerprint density at radius 2 is 2.05 bits per heavy atom. The minimum atomic E-state index is -0.182. The zero-order valence-electron chi connectivity index (χ0n) is 11.5. The molecule has 2 rings (SSSR count). The SMILES string of the molecule is CNC(CSc1cccc(Br)c1)c1cc(F)ccc1C. The van der Waals surface area contributed by atoms with Crippen molar-refractivity contribution in [3.63, 3.8) is 0 Å². The van der Waals surface area contributed by atoms with E-state index in [4.69, 9.17) is 0 Å². The molecule has 0 saturated heterocycles. The minimum Gasteiger partial charge on any atom is -0.312 e. The highest BCUT2D eigenvalue weighted by Crippen LogP contribution is 2.28. The Morgan fingerprint density at radius 3 is 2.75 bits per heavy atom. The van der Waals surface area contributed by atoms with Crippen molar-refractivity contribution < 1.29 is 4.39 Å². The van der Waals surface area contributed by atoms with E-state index in [-0.39, 0.29) is 11.9 Å². The zero-order chi connectivity index (χ0) is 14.5. The second-order valence-electron chi connectivity index (χ2n) is 4.61. The van der Waals surface area contributed by atoms with E-state index in [1.807, 2.05) is 32.2 Å². The molecule has 1 unspecified atom stereocenters. The Labute approximate surface area is 132 Å². The van der Waals surface area contributed by atoms with Crippen LogP contribution in [0, 0.1) is 12.7 Å². The quantitative estimate of drug-likeness (QED) is 0.763. The number of rotatable bonds is 5. The molecular formula is C16H17BrFNS. The van der Waals surface area contributed by atoms with Gasteiger partial charge in [0.2, 0.25) is 0 Å². The Hall–Kier alpha value is -0.840.